The number of rotatable bonds is 21. The lowest BCUT2D eigenvalue weighted by Crippen LogP contribution is -2.70. The first kappa shape index (κ1) is 46.5. The Labute approximate surface area is 376 Å². The molecule has 1 saturated heterocycles. The van der Waals surface area contributed by atoms with Gasteiger partial charge in [0.1, 0.15) is 29.0 Å². The second kappa shape index (κ2) is 21.9. The third kappa shape index (κ3) is 9.91. The number of amides is 1. The summed E-state index contributed by atoms with van der Waals surface area (Å²) in [6, 6.07) is 18.9. The van der Waals surface area contributed by atoms with Crippen LogP contribution in [0.15, 0.2) is 90.1 Å². The van der Waals surface area contributed by atoms with Gasteiger partial charge in [-0.3, -0.25) is 9.59 Å². The zero-order chi connectivity index (χ0) is 45.1. The van der Waals surface area contributed by atoms with Gasteiger partial charge in [0.25, 0.3) is 5.91 Å². The first-order valence-corrected chi connectivity index (χ1v) is 22.8. The molecule has 2 N–H and O–H groups in total. The second-order valence-electron chi connectivity index (χ2n) is 17.0. The summed E-state index contributed by atoms with van der Waals surface area (Å²) in [5.74, 6) is -0.421. The van der Waals surface area contributed by atoms with Crippen molar-refractivity contribution in [2.45, 2.75) is 102 Å². The number of aldehydes is 1. The van der Waals surface area contributed by atoms with Gasteiger partial charge in [0.2, 0.25) is 12.1 Å². The van der Waals surface area contributed by atoms with Crippen molar-refractivity contribution in [3.05, 3.63) is 107 Å². The van der Waals surface area contributed by atoms with E-state index in [0.717, 1.165) is 55.9 Å². The van der Waals surface area contributed by atoms with Gasteiger partial charge in [-0.2, -0.15) is 5.26 Å². The number of methoxy groups -OCH3 is 1. The topological polar surface area (TPSA) is 169 Å². The minimum absolute atomic E-state index is 0.00250. The standard InChI is InChI=1S/C51H61N3O10/c1-4-23-54(50(58)35-17-15-34(32-52)16-18-35)46-31-43(53-64-47-14-8-11-27-60-47)41-29-36(12-6-9-24-55)40(13-7-10-25-56)48-42-30-39(62-38-19-21-44(59-3)37(28-38)33-57)20-22-45(42)63-51(46,49(41)48)61-26-5-2/h5,15-22,28-30,33,36,40,46-49,55-56H,2,4,6-14,23-27,31H2,1,3H3. The third-order valence-electron chi connectivity index (χ3n) is 13.0. The van der Waals surface area contributed by atoms with E-state index >= 15 is 0 Å². The third-order valence-corrected chi connectivity index (χ3v) is 13.0. The number of benzene rings is 3. The molecular weight excluding hydrogens is 815 g/mol. The smallest absolute Gasteiger partial charge is 0.254 e. The molecular formula is C51H61N3O10. The van der Waals surface area contributed by atoms with Crippen molar-refractivity contribution >= 4 is 17.9 Å². The number of hydrogen-bond acceptors (Lipinski definition) is 12. The van der Waals surface area contributed by atoms with Gasteiger partial charge in [-0.15, -0.1) is 6.58 Å². The highest BCUT2D eigenvalue weighted by atomic mass is 16.8. The lowest BCUT2D eigenvalue weighted by atomic mass is 9.55. The zero-order valence-corrected chi connectivity index (χ0v) is 37.0. The number of aliphatic hydroxyl groups is 2. The first-order valence-electron chi connectivity index (χ1n) is 22.8. The van der Waals surface area contributed by atoms with Gasteiger partial charge >= 0.3 is 0 Å². The summed E-state index contributed by atoms with van der Waals surface area (Å²) in [5.41, 5.74) is 3.73. The molecule has 13 heteroatoms. The largest absolute Gasteiger partial charge is 0.496 e. The summed E-state index contributed by atoms with van der Waals surface area (Å²) < 4.78 is 32.4. The van der Waals surface area contributed by atoms with Crippen LogP contribution in [0.25, 0.3) is 0 Å². The van der Waals surface area contributed by atoms with Gasteiger partial charge in [-0.25, -0.2) is 0 Å². The molecule has 7 unspecified atom stereocenters. The van der Waals surface area contributed by atoms with Crippen molar-refractivity contribution in [2.75, 3.05) is 40.1 Å². The van der Waals surface area contributed by atoms with E-state index in [1.54, 1.807) is 48.5 Å². The summed E-state index contributed by atoms with van der Waals surface area (Å²) in [4.78, 5) is 35.1. The normalized spacial score (nSPS) is 25.1. The van der Waals surface area contributed by atoms with Crippen LogP contribution >= 0.6 is 0 Å². The van der Waals surface area contributed by atoms with Crippen LogP contribution in [0.2, 0.25) is 0 Å². The number of unbranched alkanes of at least 4 members (excludes halogenated alkanes) is 2. The van der Waals surface area contributed by atoms with E-state index in [9.17, 15) is 25.1 Å². The maximum absolute atomic E-state index is 15.0. The van der Waals surface area contributed by atoms with Crippen molar-refractivity contribution in [1.82, 2.24) is 4.90 Å². The number of carbonyl (C=O) groups excluding carboxylic acids is 2. The summed E-state index contributed by atoms with van der Waals surface area (Å²) in [5, 5.41) is 34.5. The summed E-state index contributed by atoms with van der Waals surface area (Å²) in [6.45, 7) is 7.29. The van der Waals surface area contributed by atoms with Crippen molar-refractivity contribution < 1.29 is 48.3 Å². The predicted octanol–water partition coefficient (Wildman–Crippen LogP) is 8.88. The van der Waals surface area contributed by atoms with Crippen molar-refractivity contribution in [3.8, 4) is 29.1 Å². The minimum Gasteiger partial charge on any atom is -0.496 e. The van der Waals surface area contributed by atoms with E-state index in [1.807, 2.05) is 30.0 Å². The van der Waals surface area contributed by atoms with E-state index in [2.05, 4.69) is 18.7 Å². The Morgan fingerprint density at radius 3 is 2.48 bits per heavy atom. The molecule has 3 aromatic rings. The highest BCUT2D eigenvalue weighted by Crippen LogP contribution is 2.62. The number of nitriles is 1. The quantitative estimate of drug-likeness (QED) is 0.0454. The lowest BCUT2D eigenvalue weighted by molar-refractivity contribution is -0.254. The van der Waals surface area contributed by atoms with E-state index in [1.165, 1.54) is 7.11 Å². The van der Waals surface area contributed by atoms with Crippen LogP contribution in [0.5, 0.6) is 23.0 Å². The Bertz CT molecular complexity index is 2190. The highest BCUT2D eigenvalue weighted by Gasteiger charge is 2.65. The summed E-state index contributed by atoms with van der Waals surface area (Å²) >= 11 is 0. The van der Waals surface area contributed by atoms with Crippen molar-refractivity contribution in [3.63, 3.8) is 0 Å². The molecule has 0 bridgehead atoms. The SMILES string of the molecule is C=CCOC12Oc3ccc(Oc4ccc(OC)c(C=O)c4)cc3C3C(CCCCO)C(CCCCO)C=C(C(=NOC4CCCCO4)CC1N(CCC)C(=O)c1ccc(C#N)cc1)C32. The Morgan fingerprint density at radius 1 is 1.03 bits per heavy atom. The molecule has 0 radical (unpaired) electrons. The fourth-order valence-corrected chi connectivity index (χ4v) is 10.1. The average molecular weight is 876 g/mol. The number of ether oxygens (including phenoxy) is 5. The number of carbonyl (C=O) groups is 2. The van der Waals surface area contributed by atoms with Gasteiger partial charge in [-0.05, 0) is 123 Å². The first-order chi connectivity index (χ1) is 31.3. The van der Waals surface area contributed by atoms with Crippen LogP contribution < -0.4 is 14.2 Å². The molecule has 2 aliphatic heterocycles. The monoisotopic (exact) mass is 875 g/mol. The average Bonchev–Trinajstić information content (AvgIpc) is 3.33. The molecule has 0 aromatic heterocycles. The molecule has 64 heavy (non-hydrogen) atoms. The molecule has 2 aliphatic carbocycles. The van der Waals surface area contributed by atoms with Crippen LogP contribution in [0.4, 0.5) is 0 Å². The van der Waals surface area contributed by atoms with Crippen LogP contribution in [-0.2, 0) is 14.3 Å². The fraction of sp³-hybridized carbons (Fsp3) is 0.490. The van der Waals surface area contributed by atoms with Crippen LogP contribution in [0.3, 0.4) is 0 Å². The van der Waals surface area contributed by atoms with Crippen LogP contribution in [-0.4, -0.2) is 91.2 Å². The molecule has 13 nitrogen and oxygen atoms in total. The predicted molar refractivity (Wildman–Crippen MR) is 241 cm³/mol. The molecule has 1 saturated carbocycles. The Morgan fingerprint density at radius 2 is 1.80 bits per heavy atom. The number of fused-ring (bicyclic) bond motifs is 2. The fourth-order valence-electron chi connectivity index (χ4n) is 10.1. The Hall–Kier alpha value is -5.52. The number of oxime groups is 1. The number of nitrogens with zero attached hydrogens (tertiary/aromatic N) is 3. The maximum atomic E-state index is 15.0. The number of allylic oxidation sites excluding steroid dienone is 1. The molecule has 4 aliphatic rings. The van der Waals surface area contributed by atoms with Crippen molar-refractivity contribution in [1.29, 1.82) is 5.26 Å². The number of hydrogen-bond donors (Lipinski definition) is 2. The second-order valence-corrected chi connectivity index (χ2v) is 17.0. The number of aliphatic hydroxyl groups excluding tert-OH is 2. The Balaban J connectivity index is 1.45. The summed E-state index contributed by atoms with van der Waals surface area (Å²) in [6.07, 6.45) is 12.1. The van der Waals surface area contributed by atoms with Crippen molar-refractivity contribution in [2.24, 2.45) is 22.9 Å². The molecule has 2 fully saturated rings. The van der Waals surface area contributed by atoms with E-state index < -0.39 is 24.0 Å². The van der Waals surface area contributed by atoms with Gasteiger partial charge in [0, 0.05) is 49.6 Å². The highest BCUT2D eigenvalue weighted by molar-refractivity contribution is 6.03. The molecule has 7 rings (SSSR count). The van der Waals surface area contributed by atoms with Crippen LogP contribution in [0.1, 0.15) is 115 Å². The zero-order valence-electron chi connectivity index (χ0n) is 37.0. The molecule has 340 valence electrons. The van der Waals surface area contributed by atoms with E-state index in [4.69, 9.17) is 33.7 Å². The molecule has 1 amide bonds. The van der Waals surface area contributed by atoms with E-state index in [-0.39, 0.29) is 49.9 Å². The van der Waals surface area contributed by atoms with Gasteiger partial charge in [0.05, 0.1) is 49.1 Å². The van der Waals surface area contributed by atoms with Gasteiger partial charge in [-0.1, -0.05) is 37.1 Å². The maximum Gasteiger partial charge on any atom is 0.254 e. The molecule has 3 aromatic carbocycles. The molecule has 0 spiro atoms. The molecule has 7 atom stereocenters. The lowest BCUT2D eigenvalue weighted by Gasteiger charge is -2.60. The van der Waals surface area contributed by atoms with Gasteiger partial charge < -0.3 is 43.6 Å². The molecule has 2 heterocycles. The van der Waals surface area contributed by atoms with Gasteiger partial charge in [0.15, 0.2) is 6.29 Å². The van der Waals surface area contributed by atoms with E-state index in [0.29, 0.717) is 84.2 Å². The Kier molecular flexibility index (Phi) is 15.9. The summed E-state index contributed by atoms with van der Waals surface area (Å²) in [7, 11) is 1.51. The van der Waals surface area contributed by atoms with Crippen LogP contribution in [0, 0.1) is 29.1 Å². The minimum atomic E-state index is -1.45.